The molecule has 5 nitrogen and oxygen atoms in total. The molecule has 0 bridgehead atoms. The van der Waals surface area contributed by atoms with Gasteiger partial charge in [-0.05, 0) is 43.3 Å². The minimum Gasteiger partial charge on any atom is -0.399 e. The first-order valence-electron chi connectivity index (χ1n) is 9.25. The summed E-state index contributed by atoms with van der Waals surface area (Å²) in [4.78, 5) is 17.1. The van der Waals surface area contributed by atoms with Crippen LogP contribution in [0.5, 0.6) is 0 Å². The van der Waals surface area contributed by atoms with Crippen LogP contribution in [0.2, 0.25) is 0 Å². The van der Waals surface area contributed by atoms with Crippen molar-refractivity contribution in [2.24, 2.45) is 0 Å². The number of piperazine rings is 1. The molecule has 1 unspecified atom stereocenters. The van der Waals surface area contributed by atoms with E-state index < -0.39 is 0 Å². The molecule has 0 radical (unpaired) electrons. The number of likely N-dealkylation sites (N-methyl/N-ethyl adjacent to an activating group) is 1. The van der Waals surface area contributed by atoms with E-state index in [0.717, 1.165) is 32.6 Å². The van der Waals surface area contributed by atoms with Gasteiger partial charge in [0.25, 0.3) is 5.91 Å². The first-order valence-corrected chi connectivity index (χ1v) is 9.25. The van der Waals surface area contributed by atoms with Crippen molar-refractivity contribution in [3.63, 3.8) is 0 Å². The smallest absolute Gasteiger partial charge is 0.251 e. The number of hydrogen-bond donors (Lipinski definition) is 2. The molecule has 3 rings (SSSR count). The van der Waals surface area contributed by atoms with E-state index in [-0.39, 0.29) is 18.3 Å². The third-order valence-electron chi connectivity index (χ3n) is 4.96. The van der Waals surface area contributed by atoms with E-state index in [1.54, 1.807) is 24.3 Å². The van der Waals surface area contributed by atoms with Crippen LogP contribution >= 0.6 is 12.4 Å². The highest BCUT2D eigenvalue weighted by molar-refractivity contribution is 5.94. The summed E-state index contributed by atoms with van der Waals surface area (Å²) < 4.78 is 0. The van der Waals surface area contributed by atoms with Crippen LogP contribution in [0.25, 0.3) is 0 Å². The van der Waals surface area contributed by atoms with Gasteiger partial charge in [-0.3, -0.25) is 9.69 Å². The molecule has 0 saturated carbocycles. The topological polar surface area (TPSA) is 61.6 Å². The molecule has 0 aromatic heterocycles. The van der Waals surface area contributed by atoms with E-state index in [9.17, 15) is 4.79 Å². The number of halogens is 1. The second kappa shape index (κ2) is 10.3. The van der Waals surface area contributed by atoms with Gasteiger partial charge in [0.2, 0.25) is 0 Å². The monoisotopic (exact) mass is 388 g/mol. The molecule has 1 fully saturated rings. The number of anilines is 1. The van der Waals surface area contributed by atoms with Crippen LogP contribution in [-0.2, 0) is 0 Å². The fourth-order valence-electron chi connectivity index (χ4n) is 3.44. The van der Waals surface area contributed by atoms with E-state index in [0.29, 0.717) is 23.8 Å². The Hall–Kier alpha value is -2.08. The van der Waals surface area contributed by atoms with E-state index >= 15 is 0 Å². The highest BCUT2D eigenvalue weighted by Gasteiger charge is 2.25. The van der Waals surface area contributed by atoms with Crippen LogP contribution in [0, 0.1) is 0 Å². The molecule has 6 heteroatoms. The van der Waals surface area contributed by atoms with Gasteiger partial charge in [0, 0.05) is 50.0 Å². The molecule has 2 aromatic rings. The van der Waals surface area contributed by atoms with E-state index in [2.05, 4.69) is 52.5 Å². The lowest BCUT2D eigenvalue weighted by Crippen LogP contribution is -2.47. The van der Waals surface area contributed by atoms with Crippen LogP contribution in [0.4, 0.5) is 5.69 Å². The largest absolute Gasteiger partial charge is 0.399 e. The van der Waals surface area contributed by atoms with Gasteiger partial charge >= 0.3 is 0 Å². The van der Waals surface area contributed by atoms with Crippen LogP contribution in [-0.4, -0.2) is 55.5 Å². The number of amides is 1. The van der Waals surface area contributed by atoms with Gasteiger partial charge in [-0.25, -0.2) is 0 Å². The van der Waals surface area contributed by atoms with Crippen molar-refractivity contribution in [3.05, 3.63) is 65.7 Å². The maximum absolute atomic E-state index is 12.2. The average molecular weight is 389 g/mol. The minimum absolute atomic E-state index is 0. The van der Waals surface area contributed by atoms with Crippen molar-refractivity contribution >= 4 is 24.0 Å². The summed E-state index contributed by atoms with van der Waals surface area (Å²) in [5.41, 5.74) is 8.35. The van der Waals surface area contributed by atoms with Gasteiger partial charge in [0.1, 0.15) is 0 Å². The minimum atomic E-state index is -0.0389. The van der Waals surface area contributed by atoms with E-state index in [1.165, 1.54) is 5.56 Å². The fraction of sp³-hybridized carbons (Fsp3) is 0.381. The number of carbonyl (C=O) groups excluding carboxylic acids is 1. The maximum Gasteiger partial charge on any atom is 0.251 e. The first kappa shape index (κ1) is 21.2. The summed E-state index contributed by atoms with van der Waals surface area (Å²) in [6, 6.07) is 18.1. The van der Waals surface area contributed by atoms with Crippen molar-refractivity contribution in [2.45, 2.75) is 12.5 Å². The predicted molar refractivity (Wildman–Crippen MR) is 113 cm³/mol. The number of benzene rings is 2. The van der Waals surface area contributed by atoms with E-state index in [4.69, 9.17) is 5.73 Å². The number of hydrogen-bond acceptors (Lipinski definition) is 4. The third kappa shape index (κ3) is 5.96. The van der Waals surface area contributed by atoms with Gasteiger partial charge in [0.05, 0.1) is 0 Å². The van der Waals surface area contributed by atoms with Crippen LogP contribution in [0.1, 0.15) is 28.4 Å². The van der Waals surface area contributed by atoms with Crippen LogP contribution < -0.4 is 11.1 Å². The zero-order chi connectivity index (χ0) is 18.4. The molecule has 2 aromatic carbocycles. The zero-order valence-corrected chi connectivity index (χ0v) is 16.6. The van der Waals surface area contributed by atoms with Crippen molar-refractivity contribution in [1.82, 2.24) is 15.1 Å². The van der Waals surface area contributed by atoms with Gasteiger partial charge in [-0.2, -0.15) is 0 Å². The Balaban J connectivity index is 0.00000261. The summed E-state index contributed by atoms with van der Waals surface area (Å²) in [5, 5.41) is 3.00. The Morgan fingerprint density at radius 1 is 1.11 bits per heavy atom. The second-order valence-corrected chi connectivity index (χ2v) is 6.96. The molecule has 1 atom stereocenters. The van der Waals surface area contributed by atoms with Crippen molar-refractivity contribution < 1.29 is 4.79 Å². The number of carbonyl (C=O) groups is 1. The molecule has 3 N–H and O–H groups in total. The number of nitrogen functional groups attached to an aromatic ring is 1. The van der Waals surface area contributed by atoms with E-state index in [1.807, 2.05) is 0 Å². The Morgan fingerprint density at radius 2 is 1.81 bits per heavy atom. The lowest BCUT2D eigenvalue weighted by atomic mass is 10.0. The number of nitrogens with two attached hydrogens (primary N) is 1. The molecular weight excluding hydrogens is 360 g/mol. The second-order valence-electron chi connectivity index (χ2n) is 6.96. The van der Waals surface area contributed by atoms with Crippen LogP contribution in [0.15, 0.2) is 54.6 Å². The van der Waals surface area contributed by atoms with Crippen molar-refractivity contribution in [3.8, 4) is 0 Å². The summed E-state index contributed by atoms with van der Waals surface area (Å²) in [5.74, 6) is -0.0389. The molecule has 1 aliphatic heterocycles. The quantitative estimate of drug-likeness (QED) is 0.590. The summed E-state index contributed by atoms with van der Waals surface area (Å²) in [7, 11) is 2.18. The molecule has 1 amide bonds. The highest BCUT2D eigenvalue weighted by Crippen LogP contribution is 2.24. The fourth-order valence-corrected chi connectivity index (χ4v) is 3.44. The SMILES string of the molecule is CN1CCN(CCCNC(=O)c2ccc(N)cc2)C(c2ccccc2)C1.Cl. The Kier molecular flexibility index (Phi) is 8.10. The number of nitrogens with one attached hydrogen (secondary N) is 1. The zero-order valence-electron chi connectivity index (χ0n) is 15.8. The first-order chi connectivity index (χ1) is 12.6. The van der Waals surface area contributed by atoms with Gasteiger partial charge < -0.3 is 16.0 Å². The molecule has 1 saturated heterocycles. The summed E-state index contributed by atoms with van der Waals surface area (Å²) >= 11 is 0. The molecule has 1 aliphatic rings. The standard InChI is InChI=1S/C21H28N4O.ClH/c1-24-14-15-25(20(16-24)17-6-3-2-4-7-17)13-5-12-23-21(26)18-8-10-19(22)11-9-18;/h2-4,6-11,20H,5,12-16,22H2,1H3,(H,23,26);1H. The number of rotatable bonds is 6. The Morgan fingerprint density at radius 3 is 2.52 bits per heavy atom. The van der Waals surface area contributed by atoms with Crippen molar-refractivity contribution in [2.75, 3.05) is 45.5 Å². The molecule has 146 valence electrons. The predicted octanol–water partition coefficient (Wildman–Crippen LogP) is 2.80. The molecule has 27 heavy (non-hydrogen) atoms. The third-order valence-corrected chi connectivity index (χ3v) is 4.96. The maximum atomic E-state index is 12.2. The summed E-state index contributed by atoms with van der Waals surface area (Å²) in [6.07, 6.45) is 0.938. The normalized spacial score (nSPS) is 17.9. The van der Waals surface area contributed by atoms with Crippen molar-refractivity contribution in [1.29, 1.82) is 0 Å². The highest BCUT2D eigenvalue weighted by atomic mass is 35.5. The molecule has 0 aliphatic carbocycles. The lowest BCUT2D eigenvalue weighted by Gasteiger charge is -2.40. The van der Waals surface area contributed by atoms with Gasteiger partial charge in [-0.1, -0.05) is 30.3 Å². The average Bonchev–Trinajstić information content (AvgIpc) is 2.67. The number of nitrogens with zero attached hydrogens (tertiary/aromatic N) is 2. The Labute approximate surface area is 167 Å². The molecule has 0 spiro atoms. The Bertz CT molecular complexity index is 708. The lowest BCUT2D eigenvalue weighted by molar-refractivity contribution is 0.0866. The molecular formula is C21H29ClN4O. The van der Waals surface area contributed by atoms with Gasteiger partial charge in [0.15, 0.2) is 0 Å². The van der Waals surface area contributed by atoms with Gasteiger partial charge in [-0.15, -0.1) is 12.4 Å². The summed E-state index contributed by atoms with van der Waals surface area (Å²) in [6.45, 7) is 4.84. The van der Waals surface area contributed by atoms with Crippen LogP contribution in [0.3, 0.4) is 0 Å². The molecule has 1 heterocycles.